The number of nitrogens with zero attached hydrogens (tertiary/aromatic N) is 3. The zero-order chi connectivity index (χ0) is 16.5. The van der Waals surface area contributed by atoms with Crippen molar-refractivity contribution in [1.82, 2.24) is 9.88 Å². The van der Waals surface area contributed by atoms with Crippen LogP contribution < -0.4 is 0 Å². The lowest BCUT2D eigenvalue weighted by Gasteiger charge is -2.34. The van der Waals surface area contributed by atoms with Crippen LogP contribution in [0.1, 0.15) is 51.1 Å². The highest BCUT2D eigenvalue weighted by atomic mass is 16.5. The number of aromatic nitrogens is 1. The summed E-state index contributed by atoms with van der Waals surface area (Å²) in [6.07, 6.45) is 7.82. The zero-order valence-electron chi connectivity index (χ0n) is 14.1. The van der Waals surface area contributed by atoms with E-state index in [1.807, 2.05) is 32.3 Å². The molecule has 0 spiro atoms. The molecular weight excluding hydrogens is 286 g/mol. The molecule has 4 nitrogen and oxygen atoms in total. The van der Waals surface area contributed by atoms with Gasteiger partial charge in [0.15, 0.2) is 0 Å². The lowest BCUT2D eigenvalue weighted by molar-refractivity contribution is 0.0305. The topological polar surface area (TPSA) is 49.2 Å². The summed E-state index contributed by atoms with van der Waals surface area (Å²) in [6, 6.07) is 6.65. The van der Waals surface area contributed by atoms with Crippen LogP contribution in [0.4, 0.5) is 0 Å². The average Bonchev–Trinajstić information content (AvgIpc) is 2.56. The predicted octanol–water partition coefficient (Wildman–Crippen LogP) is 3.32. The summed E-state index contributed by atoms with van der Waals surface area (Å²) in [6.45, 7) is 6.15. The second-order valence-electron chi connectivity index (χ2n) is 6.34. The Morgan fingerprint density at radius 1 is 1.43 bits per heavy atom. The third-order valence-corrected chi connectivity index (χ3v) is 4.03. The lowest BCUT2D eigenvalue weighted by atomic mass is 9.96. The van der Waals surface area contributed by atoms with Crippen molar-refractivity contribution < 1.29 is 4.74 Å². The predicted molar refractivity (Wildman–Crippen MR) is 90.4 cm³/mol. The van der Waals surface area contributed by atoms with E-state index in [2.05, 4.69) is 33.9 Å². The Bertz CT molecular complexity index is 580. The Morgan fingerprint density at radius 2 is 2.30 bits per heavy atom. The van der Waals surface area contributed by atoms with E-state index in [0.717, 1.165) is 19.5 Å². The Balaban J connectivity index is 1.95. The average molecular weight is 311 g/mol. The molecule has 1 saturated heterocycles. The molecule has 0 bridgehead atoms. The number of likely N-dealkylation sites (tertiary alicyclic amines) is 1. The van der Waals surface area contributed by atoms with Crippen LogP contribution in [0.25, 0.3) is 0 Å². The molecule has 1 atom stereocenters. The largest absolute Gasteiger partial charge is 0.362 e. The van der Waals surface area contributed by atoms with Gasteiger partial charge in [-0.05, 0) is 44.9 Å². The van der Waals surface area contributed by atoms with Crippen molar-refractivity contribution in [3.63, 3.8) is 0 Å². The number of rotatable bonds is 5. The molecule has 1 aromatic rings. The molecule has 2 heterocycles. The van der Waals surface area contributed by atoms with E-state index < -0.39 is 5.60 Å². The highest BCUT2D eigenvalue weighted by Crippen LogP contribution is 2.29. The van der Waals surface area contributed by atoms with Crippen LogP contribution in [-0.4, -0.2) is 35.2 Å². The molecule has 23 heavy (non-hydrogen) atoms. The van der Waals surface area contributed by atoms with Gasteiger partial charge in [-0.25, -0.2) is 0 Å². The van der Waals surface area contributed by atoms with Crippen molar-refractivity contribution in [3.05, 3.63) is 30.1 Å². The molecule has 2 rings (SSSR count). The van der Waals surface area contributed by atoms with Crippen LogP contribution in [0.3, 0.4) is 0 Å². The number of pyridine rings is 1. The molecule has 0 N–H and O–H groups in total. The van der Waals surface area contributed by atoms with E-state index in [-0.39, 0.29) is 0 Å². The molecule has 1 aliphatic rings. The zero-order valence-corrected chi connectivity index (χ0v) is 14.1. The fraction of sp³-hybridized carbons (Fsp3) is 0.579. The fourth-order valence-electron chi connectivity index (χ4n) is 2.87. The minimum Gasteiger partial charge on any atom is -0.362 e. The molecule has 122 valence electrons. The summed E-state index contributed by atoms with van der Waals surface area (Å²) in [7, 11) is 0. The Morgan fingerprint density at radius 3 is 3.04 bits per heavy atom. The smallest absolute Gasteiger partial charge is 0.123 e. The summed E-state index contributed by atoms with van der Waals surface area (Å²) in [4.78, 5) is 6.68. The maximum absolute atomic E-state index is 8.57. The van der Waals surface area contributed by atoms with Crippen LogP contribution in [0, 0.1) is 23.2 Å². The van der Waals surface area contributed by atoms with Gasteiger partial charge in [0.25, 0.3) is 0 Å². The number of piperidine rings is 1. The van der Waals surface area contributed by atoms with Gasteiger partial charge in [-0.3, -0.25) is 9.88 Å². The molecule has 0 amide bonds. The molecule has 4 heteroatoms. The number of nitriles is 1. The SMILES string of the molecule is CC(C)(C#CCN1CCCC[C@H]1c1cccnc1)OCCC#N. The lowest BCUT2D eigenvalue weighted by Crippen LogP contribution is -2.34. The number of ether oxygens (including phenoxy) is 1. The van der Waals surface area contributed by atoms with Crippen molar-refractivity contribution in [1.29, 1.82) is 5.26 Å². The number of hydrogen-bond donors (Lipinski definition) is 0. The maximum Gasteiger partial charge on any atom is 0.123 e. The fourth-order valence-corrected chi connectivity index (χ4v) is 2.87. The molecule has 0 aromatic carbocycles. The third-order valence-electron chi connectivity index (χ3n) is 4.03. The van der Waals surface area contributed by atoms with E-state index in [1.165, 1.54) is 18.4 Å². The second kappa shape index (κ2) is 8.67. The van der Waals surface area contributed by atoms with Crippen LogP contribution >= 0.6 is 0 Å². The quantitative estimate of drug-likeness (QED) is 0.618. The van der Waals surface area contributed by atoms with Gasteiger partial charge in [0, 0.05) is 18.4 Å². The molecule has 1 fully saturated rings. The van der Waals surface area contributed by atoms with Crippen molar-refractivity contribution in [3.8, 4) is 17.9 Å². The van der Waals surface area contributed by atoms with E-state index in [4.69, 9.17) is 10.00 Å². The molecule has 1 aliphatic heterocycles. The second-order valence-corrected chi connectivity index (χ2v) is 6.34. The van der Waals surface area contributed by atoms with Crippen LogP contribution in [-0.2, 0) is 4.74 Å². The summed E-state index contributed by atoms with van der Waals surface area (Å²) < 4.78 is 5.65. The minimum absolute atomic E-state index is 0.403. The van der Waals surface area contributed by atoms with Gasteiger partial charge < -0.3 is 4.74 Å². The maximum atomic E-state index is 8.57. The molecule has 1 aromatic heterocycles. The first-order valence-electron chi connectivity index (χ1n) is 8.27. The minimum atomic E-state index is -0.504. The highest BCUT2D eigenvalue weighted by Gasteiger charge is 2.23. The molecule has 0 unspecified atom stereocenters. The van der Waals surface area contributed by atoms with Crippen molar-refractivity contribution in [2.45, 2.75) is 51.2 Å². The van der Waals surface area contributed by atoms with Gasteiger partial charge >= 0.3 is 0 Å². The van der Waals surface area contributed by atoms with Gasteiger partial charge in [0.05, 0.1) is 25.6 Å². The monoisotopic (exact) mass is 311 g/mol. The van der Waals surface area contributed by atoms with E-state index in [1.54, 1.807) is 0 Å². The van der Waals surface area contributed by atoms with Gasteiger partial charge in [-0.15, -0.1) is 0 Å². The normalized spacial score (nSPS) is 18.7. The van der Waals surface area contributed by atoms with E-state index in [9.17, 15) is 0 Å². The summed E-state index contributed by atoms with van der Waals surface area (Å²) in [5.41, 5.74) is 0.773. The number of hydrogen-bond acceptors (Lipinski definition) is 4. The first-order valence-corrected chi connectivity index (χ1v) is 8.27. The third kappa shape index (κ3) is 5.67. The van der Waals surface area contributed by atoms with Crippen molar-refractivity contribution >= 4 is 0 Å². The van der Waals surface area contributed by atoms with E-state index >= 15 is 0 Å². The summed E-state index contributed by atoms with van der Waals surface area (Å²) >= 11 is 0. The Labute approximate surface area is 139 Å². The Kier molecular flexibility index (Phi) is 6.59. The van der Waals surface area contributed by atoms with Crippen LogP contribution in [0.15, 0.2) is 24.5 Å². The summed E-state index contributed by atoms with van der Waals surface area (Å²) in [5, 5.41) is 8.57. The van der Waals surface area contributed by atoms with Gasteiger partial charge in [-0.2, -0.15) is 5.26 Å². The van der Waals surface area contributed by atoms with Gasteiger partial charge in [-0.1, -0.05) is 24.3 Å². The molecule has 0 radical (unpaired) electrons. The molecule has 0 aliphatic carbocycles. The highest BCUT2D eigenvalue weighted by molar-refractivity contribution is 5.17. The van der Waals surface area contributed by atoms with E-state index in [0.29, 0.717) is 19.1 Å². The van der Waals surface area contributed by atoms with Crippen LogP contribution in [0.2, 0.25) is 0 Å². The standard InChI is InChI=1S/C19H25N3O/c1-19(2,23-15-7-11-20)10-6-14-22-13-4-3-9-18(22)17-8-5-12-21-16-17/h5,8,12,16,18H,3-4,7,9,13-15H2,1-2H3/t18-/m0/s1. The first kappa shape index (κ1) is 17.5. The van der Waals surface area contributed by atoms with Gasteiger partial charge in [0.2, 0.25) is 0 Å². The van der Waals surface area contributed by atoms with Crippen LogP contribution in [0.5, 0.6) is 0 Å². The first-order chi connectivity index (χ1) is 11.1. The summed E-state index contributed by atoms with van der Waals surface area (Å²) in [5.74, 6) is 6.47. The van der Waals surface area contributed by atoms with Crippen molar-refractivity contribution in [2.24, 2.45) is 0 Å². The van der Waals surface area contributed by atoms with Gasteiger partial charge in [0.1, 0.15) is 5.60 Å². The molecule has 0 saturated carbocycles. The van der Waals surface area contributed by atoms with Crippen molar-refractivity contribution in [2.75, 3.05) is 19.7 Å². The Hall–Kier alpha value is -1.88. The molecular formula is C19H25N3O.